The molecule has 0 radical (unpaired) electrons. The smallest absolute Gasteiger partial charge is 0.138 e. The molecule has 0 saturated carbocycles. The Kier molecular flexibility index (Phi) is 4.23. The fourth-order valence-electron chi connectivity index (χ4n) is 1.89. The average Bonchev–Trinajstić information content (AvgIpc) is 2.41. The summed E-state index contributed by atoms with van der Waals surface area (Å²) in [4.78, 5) is 0. The summed E-state index contributed by atoms with van der Waals surface area (Å²) in [6.07, 6.45) is -6.89. The Morgan fingerprint density at radius 1 is 1.21 bits per heavy atom. The molecule has 7 nitrogen and oxygen atoms in total. The van der Waals surface area contributed by atoms with E-state index in [2.05, 4.69) is 0 Å². The van der Waals surface area contributed by atoms with Crippen LogP contribution in [0.5, 0.6) is 5.75 Å². The lowest BCUT2D eigenvalue weighted by atomic mass is 9.99. The highest BCUT2D eigenvalue weighted by atomic mass is 16.7. The van der Waals surface area contributed by atoms with E-state index < -0.39 is 37.3 Å². The van der Waals surface area contributed by atoms with Gasteiger partial charge in [-0.1, -0.05) is 0 Å². The zero-order chi connectivity index (χ0) is 14.0. The van der Waals surface area contributed by atoms with E-state index in [9.17, 15) is 15.3 Å². The topological polar surface area (TPSA) is 128 Å². The first-order valence-electron chi connectivity index (χ1n) is 5.83. The molecule has 1 aliphatic heterocycles. The number of anilines is 1. The molecule has 1 aromatic rings. The number of rotatable bonds is 3. The predicted octanol–water partition coefficient (Wildman–Crippen LogP) is -2.18. The number of ether oxygens (including phenoxy) is 2. The van der Waals surface area contributed by atoms with Crippen molar-refractivity contribution < 1.29 is 29.9 Å². The van der Waals surface area contributed by atoms with Gasteiger partial charge < -0.3 is 35.6 Å². The van der Waals surface area contributed by atoms with Crippen LogP contribution in [-0.4, -0.2) is 52.6 Å². The summed E-state index contributed by atoms with van der Waals surface area (Å²) >= 11 is 0. The lowest BCUT2D eigenvalue weighted by Gasteiger charge is -2.45. The lowest BCUT2D eigenvalue weighted by Crippen LogP contribution is -2.64. The normalized spacial score (nSPS) is 35.1. The molecular weight excluding hydrogens is 254 g/mol. The van der Waals surface area contributed by atoms with Crippen molar-refractivity contribution >= 4 is 5.69 Å². The Morgan fingerprint density at radius 3 is 2.42 bits per heavy atom. The third kappa shape index (κ3) is 2.96. The SMILES string of the molecule is Nc1ccc(OC2C([O-])OC(CO)C(O)C2O)cc1. The van der Waals surface area contributed by atoms with Gasteiger partial charge in [-0.2, -0.15) is 0 Å². The maximum atomic E-state index is 11.7. The van der Waals surface area contributed by atoms with E-state index in [4.69, 9.17) is 20.3 Å². The van der Waals surface area contributed by atoms with Crippen LogP contribution < -0.4 is 15.6 Å². The Hall–Kier alpha value is -1.38. The first-order chi connectivity index (χ1) is 9.02. The molecule has 7 heteroatoms. The van der Waals surface area contributed by atoms with Crippen LogP contribution in [0.25, 0.3) is 0 Å². The maximum absolute atomic E-state index is 11.7. The second kappa shape index (κ2) is 5.72. The van der Waals surface area contributed by atoms with Gasteiger partial charge in [0.2, 0.25) is 0 Å². The first-order valence-corrected chi connectivity index (χ1v) is 5.83. The minimum atomic E-state index is -1.70. The number of nitrogens with two attached hydrogens (primary N) is 1. The van der Waals surface area contributed by atoms with Gasteiger partial charge >= 0.3 is 0 Å². The van der Waals surface area contributed by atoms with E-state index in [0.717, 1.165) is 0 Å². The zero-order valence-electron chi connectivity index (χ0n) is 10.0. The highest BCUT2D eigenvalue weighted by molar-refractivity contribution is 5.41. The third-order valence-electron chi connectivity index (χ3n) is 2.98. The fourth-order valence-corrected chi connectivity index (χ4v) is 1.89. The van der Waals surface area contributed by atoms with Crippen LogP contribution in [0, 0.1) is 0 Å². The summed E-state index contributed by atoms with van der Waals surface area (Å²) in [5, 5.41) is 40.1. The van der Waals surface area contributed by atoms with Gasteiger partial charge in [-0.05, 0) is 24.3 Å². The minimum Gasteiger partial charge on any atom is -0.828 e. The summed E-state index contributed by atoms with van der Waals surface area (Å²) in [5.74, 6) is 0.331. The van der Waals surface area contributed by atoms with Crippen molar-refractivity contribution in [3.8, 4) is 5.75 Å². The number of aliphatic hydroxyl groups is 3. The number of aliphatic hydroxyl groups excluding tert-OH is 3. The predicted molar refractivity (Wildman–Crippen MR) is 63.0 cm³/mol. The van der Waals surface area contributed by atoms with E-state index in [1.807, 2.05) is 0 Å². The maximum Gasteiger partial charge on any atom is 0.138 e. The van der Waals surface area contributed by atoms with Gasteiger partial charge in [-0.3, -0.25) is 0 Å². The molecule has 5 N–H and O–H groups in total. The molecule has 2 rings (SSSR count). The van der Waals surface area contributed by atoms with E-state index in [1.54, 1.807) is 24.3 Å². The van der Waals surface area contributed by atoms with Crippen molar-refractivity contribution in [3.63, 3.8) is 0 Å². The molecule has 1 heterocycles. The number of nitrogen functional groups attached to an aromatic ring is 1. The quantitative estimate of drug-likeness (QED) is 0.459. The van der Waals surface area contributed by atoms with Gasteiger partial charge in [0, 0.05) is 12.0 Å². The highest BCUT2D eigenvalue weighted by Crippen LogP contribution is 2.23. The molecule has 5 unspecified atom stereocenters. The lowest BCUT2D eigenvalue weighted by molar-refractivity contribution is -0.530. The molecule has 1 aliphatic rings. The van der Waals surface area contributed by atoms with Crippen molar-refractivity contribution in [1.29, 1.82) is 0 Å². The number of hydrogen-bond acceptors (Lipinski definition) is 7. The molecule has 0 amide bonds. The average molecular weight is 270 g/mol. The van der Waals surface area contributed by atoms with E-state index in [1.165, 1.54) is 0 Å². The molecule has 0 aromatic heterocycles. The Bertz CT molecular complexity index is 411. The summed E-state index contributed by atoms with van der Waals surface area (Å²) in [6.45, 7) is -0.550. The van der Waals surface area contributed by atoms with E-state index in [-0.39, 0.29) is 0 Å². The van der Waals surface area contributed by atoms with Gasteiger partial charge in [0.15, 0.2) is 0 Å². The van der Waals surface area contributed by atoms with Crippen LogP contribution in [0.1, 0.15) is 0 Å². The molecule has 0 spiro atoms. The van der Waals surface area contributed by atoms with Crippen molar-refractivity contribution in [1.82, 2.24) is 0 Å². The van der Waals surface area contributed by atoms with Crippen LogP contribution in [0.4, 0.5) is 5.69 Å². The van der Waals surface area contributed by atoms with Crippen LogP contribution in [0.2, 0.25) is 0 Å². The molecular formula is C12H16NO6-. The van der Waals surface area contributed by atoms with Gasteiger partial charge in [0.1, 0.15) is 30.2 Å². The second-order valence-electron chi connectivity index (χ2n) is 4.36. The Morgan fingerprint density at radius 2 is 1.84 bits per heavy atom. The summed E-state index contributed by atoms with van der Waals surface area (Å²) < 4.78 is 10.2. The Balaban J connectivity index is 2.09. The van der Waals surface area contributed by atoms with Gasteiger partial charge in [-0.25, -0.2) is 0 Å². The highest BCUT2D eigenvalue weighted by Gasteiger charge is 2.41. The molecule has 1 saturated heterocycles. The van der Waals surface area contributed by atoms with E-state index in [0.29, 0.717) is 11.4 Å². The zero-order valence-corrected chi connectivity index (χ0v) is 10.0. The molecule has 0 bridgehead atoms. The molecule has 1 aromatic carbocycles. The molecule has 19 heavy (non-hydrogen) atoms. The fraction of sp³-hybridized carbons (Fsp3) is 0.500. The summed E-state index contributed by atoms with van der Waals surface area (Å²) in [7, 11) is 0. The largest absolute Gasteiger partial charge is 0.828 e. The minimum absolute atomic E-state index is 0.331. The van der Waals surface area contributed by atoms with Crippen LogP contribution in [-0.2, 0) is 4.74 Å². The van der Waals surface area contributed by atoms with Gasteiger partial charge in [0.25, 0.3) is 0 Å². The van der Waals surface area contributed by atoms with Crippen molar-refractivity contribution in [2.75, 3.05) is 12.3 Å². The summed E-state index contributed by atoms with van der Waals surface area (Å²) in [5.41, 5.74) is 6.05. The van der Waals surface area contributed by atoms with Gasteiger partial charge in [-0.15, -0.1) is 0 Å². The number of hydrogen-bond donors (Lipinski definition) is 4. The first kappa shape index (κ1) is 14.0. The monoisotopic (exact) mass is 270 g/mol. The van der Waals surface area contributed by atoms with Crippen molar-refractivity contribution in [3.05, 3.63) is 24.3 Å². The van der Waals surface area contributed by atoms with Crippen LogP contribution >= 0.6 is 0 Å². The van der Waals surface area contributed by atoms with Crippen LogP contribution in [0.15, 0.2) is 24.3 Å². The van der Waals surface area contributed by atoms with Crippen molar-refractivity contribution in [2.24, 2.45) is 0 Å². The summed E-state index contributed by atoms with van der Waals surface area (Å²) in [6, 6.07) is 6.24. The third-order valence-corrected chi connectivity index (χ3v) is 2.98. The number of benzene rings is 1. The van der Waals surface area contributed by atoms with Crippen LogP contribution in [0.3, 0.4) is 0 Å². The second-order valence-corrected chi connectivity index (χ2v) is 4.36. The molecule has 0 aliphatic carbocycles. The van der Waals surface area contributed by atoms with Crippen molar-refractivity contribution in [2.45, 2.75) is 30.7 Å². The Labute approximate surface area is 109 Å². The molecule has 106 valence electrons. The standard InChI is InChI=1S/C12H16NO6/c13-6-1-3-7(4-2-6)18-11-10(16)9(15)8(5-14)19-12(11)17/h1-4,8-12,14-16H,5,13H2/q-1. The molecule has 5 atom stereocenters. The van der Waals surface area contributed by atoms with E-state index >= 15 is 0 Å². The molecule has 1 fully saturated rings. The van der Waals surface area contributed by atoms with Gasteiger partial charge in [0.05, 0.1) is 6.61 Å².